The maximum atomic E-state index is 8.31. The van der Waals surface area contributed by atoms with Gasteiger partial charge in [0.2, 0.25) is 0 Å². The minimum atomic E-state index is 0. The number of hydrogen-bond acceptors (Lipinski definition) is 2. The second-order valence-corrected chi connectivity index (χ2v) is 3.47. The number of nitrogens with zero attached hydrogens (tertiary/aromatic N) is 6. The van der Waals surface area contributed by atoms with Crippen molar-refractivity contribution in [3.05, 3.63) is 69.4 Å². The zero-order valence-electron chi connectivity index (χ0n) is 10.1. The largest absolute Gasteiger partial charge is 0.147 e. The van der Waals surface area contributed by atoms with E-state index in [0.29, 0.717) is 11.4 Å². The molecule has 0 aliphatic carbocycles. The molecule has 0 fully saturated rings. The van der Waals surface area contributed by atoms with Crippen LogP contribution in [0.25, 0.3) is 32.0 Å². The second kappa shape index (κ2) is 8.69. The third-order valence-corrected chi connectivity index (χ3v) is 2.39. The molecule has 0 amide bonds. The van der Waals surface area contributed by atoms with Gasteiger partial charge in [-0.1, -0.05) is 58.8 Å². The standard InChI is InChI=1S/C12H8N6.2ClH/c13-17-15-11-5-1-9(2-6-11)10-3-7-12(8-4-10)16-18-14;;/h1-8H;2*1H. The average molecular weight is 309 g/mol. The Morgan fingerprint density at radius 1 is 0.600 bits per heavy atom. The van der Waals surface area contributed by atoms with Crippen LogP contribution in [0.5, 0.6) is 0 Å². The van der Waals surface area contributed by atoms with Crippen LogP contribution in [0.1, 0.15) is 0 Å². The molecule has 2 rings (SSSR count). The Balaban J connectivity index is 0.00000180. The topological polar surface area (TPSA) is 97.5 Å². The van der Waals surface area contributed by atoms with E-state index in [-0.39, 0.29) is 24.8 Å². The normalized spacial score (nSPS) is 8.20. The van der Waals surface area contributed by atoms with Crippen molar-refractivity contribution in [1.29, 1.82) is 0 Å². The summed E-state index contributed by atoms with van der Waals surface area (Å²) in [6.07, 6.45) is 0. The molecule has 0 radical (unpaired) electrons. The van der Waals surface area contributed by atoms with Crippen molar-refractivity contribution in [2.24, 2.45) is 10.2 Å². The van der Waals surface area contributed by atoms with Gasteiger partial charge in [-0.2, -0.15) is 0 Å². The molecule has 0 saturated heterocycles. The summed E-state index contributed by atoms with van der Waals surface area (Å²) in [5, 5.41) is 7.01. The molecule has 2 aromatic carbocycles. The van der Waals surface area contributed by atoms with E-state index in [1.165, 1.54) is 0 Å². The Morgan fingerprint density at radius 2 is 0.900 bits per heavy atom. The highest BCUT2D eigenvalue weighted by Crippen LogP contribution is 2.24. The molecule has 20 heavy (non-hydrogen) atoms. The lowest BCUT2D eigenvalue weighted by Crippen LogP contribution is -1.75. The van der Waals surface area contributed by atoms with E-state index in [1.807, 2.05) is 24.3 Å². The van der Waals surface area contributed by atoms with Crippen LogP contribution >= 0.6 is 24.8 Å². The van der Waals surface area contributed by atoms with Crippen LogP contribution in [0, 0.1) is 0 Å². The van der Waals surface area contributed by atoms with E-state index >= 15 is 0 Å². The fraction of sp³-hybridized carbons (Fsp3) is 0. The minimum Gasteiger partial charge on any atom is -0.147 e. The van der Waals surface area contributed by atoms with Gasteiger partial charge in [0.1, 0.15) is 0 Å². The average Bonchev–Trinajstić information content (AvgIpc) is 2.41. The molecule has 8 heteroatoms. The second-order valence-electron chi connectivity index (χ2n) is 3.47. The highest BCUT2D eigenvalue weighted by Gasteiger charge is 1.97. The van der Waals surface area contributed by atoms with Gasteiger partial charge in [-0.3, -0.25) is 0 Å². The summed E-state index contributed by atoms with van der Waals surface area (Å²) in [5.41, 5.74) is 19.8. The molecule has 0 N–H and O–H groups in total. The maximum Gasteiger partial charge on any atom is 0.0375 e. The van der Waals surface area contributed by atoms with Gasteiger partial charge in [-0.15, -0.1) is 24.8 Å². The van der Waals surface area contributed by atoms with Crippen molar-refractivity contribution in [3.8, 4) is 11.1 Å². The molecule has 0 unspecified atom stereocenters. The first-order valence-electron chi connectivity index (χ1n) is 5.14. The van der Waals surface area contributed by atoms with Gasteiger partial charge in [-0.05, 0) is 22.2 Å². The molecule has 0 spiro atoms. The summed E-state index contributed by atoms with van der Waals surface area (Å²) in [6.45, 7) is 0. The Hall–Kier alpha value is -2.36. The molecular formula is C12H10Cl2N6. The molecule has 0 aliphatic rings. The molecule has 2 aromatic rings. The summed E-state index contributed by atoms with van der Waals surface area (Å²) in [6, 6.07) is 14.5. The van der Waals surface area contributed by atoms with Crippen LogP contribution in [0.3, 0.4) is 0 Å². The lowest BCUT2D eigenvalue weighted by atomic mass is 10.1. The lowest BCUT2D eigenvalue weighted by Gasteiger charge is -2.02. The third kappa shape index (κ3) is 4.39. The molecule has 0 bridgehead atoms. The molecular weight excluding hydrogens is 299 g/mol. The molecule has 0 aliphatic heterocycles. The number of hydrogen-bond donors (Lipinski definition) is 0. The van der Waals surface area contributed by atoms with Crippen LogP contribution in [0.4, 0.5) is 11.4 Å². The van der Waals surface area contributed by atoms with Gasteiger partial charge in [0, 0.05) is 21.2 Å². The molecule has 0 heterocycles. The first kappa shape index (κ1) is 17.6. The smallest absolute Gasteiger partial charge is 0.0375 e. The number of rotatable bonds is 3. The highest BCUT2D eigenvalue weighted by molar-refractivity contribution is 5.85. The van der Waals surface area contributed by atoms with Crippen molar-refractivity contribution in [1.82, 2.24) is 0 Å². The van der Waals surface area contributed by atoms with E-state index in [2.05, 4.69) is 20.1 Å². The van der Waals surface area contributed by atoms with Gasteiger partial charge < -0.3 is 0 Å². The van der Waals surface area contributed by atoms with E-state index < -0.39 is 0 Å². The quantitative estimate of drug-likeness (QED) is 0.373. The number of azide groups is 2. The summed E-state index contributed by atoms with van der Waals surface area (Å²) in [7, 11) is 0. The third-order valence-electron chi connectivity index (χ3n) is 2.39. The van der Waals surface area contributed by atoms with Crippen LogP contribution < -0.4 is 0 Å². The van der Waals surface area contributed by atoms with Crippen molar-refractivity contribution in [2.75, 3.05) is 0 Å². The summed E-state index contributed by atoms with van der Waals surface area (Å²) in [5.74, 6) is 0. The molecule has 6 nitrogen and oxygen atoms in total. The van der Waals surface area contributed by atoms with E-state index in [0.717, 1.165) is 11.1 Å². The van der Waals surface area contributed by atoms with Crippen LogP contribution in [0.15, 0.2) is 58.8 Å². The SMILES string of the molecule is Cl.Cl.[N-]=[N+]=Nc1ccc(-c2ccc(N=[N+]=[N-])cc2)cc1. The van der Waals surface area contributed by atoms with Crippen LogP contribution in [-0.4, -0.2) is 0 Å². The maximum absolute atomic E-state index is 8.31. The molecule has 102 valence electrons. The summed E-state index contributed by atoms with van der Waals surface area (Å²) < 4.78 is 0. The molecule has 0 saturated carbocycles. The predicted octanol–water partition coefficient (Wildman–Crippen LogP) is 6.08. The van der Waals surface area contributed by atoms with E-state index in [9.17, 15) is 0 Å². The summed E-state index contributed by atoms with van der Waals surface area (Å²) >= 11 is 0. The van der Waals surface area contributed by atoms with E-state index in [4.69, 9.17) is 11.1 Å². The predicted molar refractivity (Wildman–Crippen MR) is 84.0 cm³/mol. The van der Waals surface area contributed by atoms with Gasteiger partial charge in [-0.25, -0.2) is 0 Å². The Labute approximate surface area is 127 Å². The zero-order valence-corrected chi connectivity index (χ0v) is 11.8. The minimum absolute atomic E-state index is 0. The van der Waals surface area contributed by atoms with Crippen molar-refractivity contribution in [3.63, 3.8) is 0 Å². The van der Waals surface area contributed by atoms with Gasteiger partial charge in [0.05, 0.1) is 0 Å². The fourth-order valence-electron chi connectivity index (χ4n) is 1.54. The van der Waals surface area contributed by atoms with E-state index in [1.54, 1.807) is 24.3 Å². The molecule has 0 atom stereocenters. The van der Waals surface area contributed by atoms with Crippen molar-refractivity contribution < 1.29 is 0 Å². The van der Waals surface area contributed by atoms with Crippen molar-refractivity contribution in [2.45, 2.75) is 0 Å². The highest BCUT2D eigenvalue weighted by atomic mass is 35.5. The Kier molecular flexibility index (Phi) is 7.67. The number of benzene rings is 2. The first-order valence-corrected chi connectivity index (χ1v) is 5.14. The Bertz CT molecular complexity index is 581. The fourth-order valence-corrected chi connectivity index (χ4v) is 1.54. The van der Waals surface area contributed by atoms with Gasteiger partial charge >= 0.3 is 0 Å². The van der Waals surface area contributed by atoms with Crippen LogP contribution in [0.2, 0.25) is 0 Å². The van der Waals surface area contributed by atoms with Crippen molar-refractivity contribution >= 4 is 36.2 Å². The van der Waals surface area contributed by atoms with Gasteiger partial charge in [0.15, 0.2) is 0 Å². The lowest BCUT2D eigenvalue weighted by molar-refractivity contribution is 1.46. The monoisotopic (exact) mass is 308 g/mol. The van der Waals surface area contributed by atoms with Crippen LogP contribution in [-0.2, 0) is 0 Å². The first-order chi connectivity index (χ1) is 8.83. The summed E-state index contributed by atoms with van der Waals surface area (Å²) in [4.78, 5) is 5.44. The molecule has 0 aromatic heterocycles. The number of halogens is 2. The van der Waals surface area contributed by atoms with Gasteiger partial charge in [0.25, 0.3) is 0 Å². The zero-order chi connectivity index (χ0) is 12.8. The Morgan fingerprint density at radius 3 is 1.15 bits per heavy atom.